The van der Waals surface area contributed by atoms with E-state index < -0.39 is 16.8 Å². The summed E-state index contributed by atoms with van der Waals surface area (Å²) in [5, 5.41) is 9.17. The Hall–Kier alpha value is -1.94. The monoisotopic (exact) mass is 312 g/mol. The maximum atomic E-state index is 13.0. The maximum absolute atomic E-state index is 13.0. The van der Waals surface area contributed by atoms with Gasteiger partial charge in [-0.2, -0.15) is 0 Å². The molecule has 0 radical (unpaired) electrons. The van der Waals surface area contributed by atoms with E-state index in [0.29, 0.717) is 4.90 Å². The zero-order valence-corrected chi connectivity index (χ0v) is 12.9. The predicted octanol–water partition coefficient (Wildman–Crippen LogP) is 3.14. The fraction of sp³-hybridized carbons (Fsp3) is 0.278. The molecule has 1 unspecified atom stereocenters. The molecule has 112 valence electrons. The lowest BCUT2D eigenvalue weighted by atomic mass is 10.00. The molecule has 1 heterocycles. The van der Waals surface area contributed by atoms with Crippen molar-refractivity contribution in [3.05, 3.63) is 58.1 Å². The van der Waals surface area contributed by atoms with Crippen molar-refractivity contribution in [1.29, 1.82) is 0 Å². The predicted molar refractivity (Wildman–Crippen MR) is 84.0 cm³/mol. The molecule has 0 amide bonds. The van der Waals surface area contributed by atoms with E-state index in [1.54, 1.807) is 12.1 Å². The van der Waals surface area contributed by atoms with Gasteiger partial charge in [-0.1, -0.05) is 12.1 Å². The highest BCUT2D eigenvalue weighted by Crippen LogP contribution is 2.34. The number of benzene rings is 2. The van der Waals surface area contributed by atoms with E-state index in [-0.39, 0.29) is 5.56 Å². The SMILES string of the molecule is O=C(O)c1ccc2c(c1)S(=O)c1cc3c(cc1CC2)CCC3. The highest BCUT2D eigenvalue weighted by Gasteiger charge is 2.24. The highest BCUT2D eigenvalue weighted by atomic mass is 32.2. The first-order chi connectivity index (χ1) is 10.6. The van der Waals surface area contributed by atoms with Gasteiger partial charge >= 0.3 is 5.97 Å². The summed E-state index contributed by atoms with van der Waals surface area (Å²) in [7, 11) is -1.29. The quantitative estimate of drug-likeness (QED) is 0.880. The van der Waals surface area contributed by atoms with Crippen LogP contribution in [0.25, 0.3) is 0 Å². The van der Waals surface area contributed by atoms with Gasteiger partial charge in [0.1, 0.15) is 0 Å². The summed E-state index contributed by atoms with van der Waals surface area (Å²) in [5.74, 6) is -0.974. The summed E-state index contributed by atoms with van der Waals surface area (Å²) >= 11 is 0. The van der Waals surface area contributed by atoms with Gasteiger partial charge in [0, 0.05) is 9.79 Å². The van der Waals surface area contributed by atoms with Gasteiger partial charge in [-0.15, -0.1) is 0 Å². The van der Waals surface area contributed by atoms with Crippen LogP contribution in [-0.4, -0.2) is 15.3 Å². The third-order valence-corrected chi connectivity index (χ3v) is 6.21. The molecule has 1 aliphatic heterocycles. The van der Waals surface area contributed by atoms with E-state index in [2.05, 4.69) is 12.1 Å². The Bertz CT molecular complexity index is 823. The first-order valence-corrected chi connectivity index (χ1v) is 8.71. The van der Waals surface area contributed by atoms with Gasteiger partial charge in [0.2, 0.25) is 0 Å². The zero-order valence-electron chi connectivity index (χ0n) is 12.1. The van der Waals surface area contributed by atoms with E-state index in [1.165, 1.54) is 17.5 Å². The molecule has 0 fully saturated rings. The molecule has 1 atom stereocenters. The number of hydrogen-bond acceptors (Lipinski definition) is 2. The average molecular weight is 312 g/mol. The second kappa shape index (κ2) is 5.06. The molecular weight excluding hydrogens is 296 g/mol. The van der Waals surface area contributed by atoms with E-state index in [4.69, 9.17) is 5.11 Å². The summed E-state index contributed by atoms with van der Waals surface area (Å²) in [6.07, 6.45) is 5.03. The molecule has 1 N–H and O–H groups in total. The Morgan fingerprint density at radius 3 is 2.32 bits per heavy atom. The van der Waals surface area contributed by atoms with Gasteiger partial charge in [0.15, 0.2) is 0 Å². The Kier molecular flexibility index (Phi) is 3.15. The van der Waals surface area contributed by atoms with Gasteiger partial charge < -0.3 is 5.11 Å². The second-order valence-electron chi connectivity index (χ2n) is 5.98. The number of aromatic carboxylic acids is 1. The van der Waals surface area contributed by atoms with Crippen LogP contribution in [0.3, 0.4) is 0 Å². The molecule has 1 aliphatic carbocycles. The van der Waals surface area contributed by atoms with E-state index in [0.717, 1.165) is 41.7 Å². The van der Waals surface area contributed by atoms with E-state index in [1.807, 2.05) is 6.07 Å². The molecule has 4 rings (SSSR count). The van der Waals surface area contributed by atoms with Gasteiger partial charge in [0.25, 0.3) is 0 Å². The summed E-state index contributed by atoms with van der Waals surface area (Å²) in [6, 6.07) is 9.32. The maximum Gasteiger partial charge on any atom is 0.335 e. The van der Waals surface area contributed by atoms with Crippen molar-refractivity contribution in [1.82, 2.24) is 0 Å². The Morgan fingerprint density at radius 2 is 1.55 bits per heavy atom. The van der Waals surface area contributed by atoms with Crippen LogP contribution in [0.15, 0.2) is 40.1 Å². The molecule has 2 aliphatic rings. The molecular formula is C18H16O3S. The van der Waals surface area contributed by atoms with Crippen molar-refractivity contribution < 1.29 is 14.1 Å². The van der Waals surface area contributed by atoms with E-state index >= 15 is 0 Å². The number of carboxylic acid groups (broad SMARTS) is 1. The molecule has 0 aromatic heterocycles. The van der Waals surface area contributed by atoms with E-state index in [9.17, 15) is 9.00 Å². The Balaban J connectivity index is 1.88. The van der Waals surface area contributed by atoms with Gasteiger partial charge in [-0.3, -0.25) is 0 Å². The summed E-state index contributed by atoms with van der Waals surface area (Å²) < 4.78 is 13.0. The molecule has 0 spiro atoms. The number of carbonyl (C=O) groups is 1. The summed E-state index contributed by atoms with van der Waals surface area (Å²) in [5.41, 5.74) is 5.07. The molecule has 0 bridgehead atoms. The first kappa shape index (κ1) is 13.7. The van der Waals surface area contributed by atoms with Crippen LogP contribution in [0.5, 0.6) is 0 Å². The molecule has 22 heavy (non-hydrogen) atoms. The number of hydrogen-bond donors (Lipinski definition) is 1. The number of fused-ring (bicyclic) bond motifs is 3. The molecule has 2 aromatic rings. The van der Waals surface area contributed by atoms with Crippen molar-refractivity contribution >= 4 is 16.8 Å². The van der Waals surface area contributed by atoms with Crippen LogP contribution < -0.4 is 0 Å². The van der Waals surface area contributed by atoms with Crippen LogP contribution in [0.2, 0.25) is 0 Å². The number of rotatable bonds is 1. The first-order valence-electron chi connectivity index (χ1n) is 7.56. The minimum absolute atomic E-state index is 0.205. The van der Waals surface area contributed by atoms with Crippen LogP contribution in [-0.2, 0) is 36.5 Å². The van der Waals surface area contributed by atoms with Gasteiger partial charge in [0.05, 0.1) is 16.4 Å². The lowest BCUT2D eigenvalue weighted by Crippen LogP contribution is -2.02. The normalized spacial score (nSPS) is 19.0. The van der Waals surface area contributed by atoms with Crippen molar-refractivity contribution in [2.45, 2.75) is 41.9 Å². The zero-order chi connectivity index (χ0) is 15.3. The fourth-order valence-electron chi connectivity index (χ4n) is 3.47. The Labute approximate surface area is 131 Å². The summed E-state index contributed by atoms with van der Waals surface area (Å²) in [6.45, 7) is 0. The van der Waals surface area contributed by atoms with Crippen molar-refractivity contribution in [3.63, 3.8) is 0 Å². The largest absolute Gasteiger partial charge is 0.478 e. The summed E-state index contributed by atoms with van der Waals surface area (Å²) in [4.78, 5) is 12.7. The smallest absolute Gasteiger partial charge is 0.335 e. The minimum atomic E-state index is -1.29. The van der Waals surface area contributed by atoms with Crippen LogP contribution >= 0.6 is 0 Å². The topological polar surface area (TPSA) is 54.4 Å². The Morgan fingerprint density at radius 1 is 0.864 bits per heavy atom. The van der Waals surface area contributed by atoms with Crippen LogP contribution in [0, 0.1) is 0 Å². The standard InChI is InChI=1S/C18H16O3S/c19-18(20)15-7-5-11-4-6-14-8-12-2-1-3-13(12)9-17(14)22(21)16(11)10-15/h5,7-10H,1-4,6H2,(H,19,20). The van der Waals surface area contributed by atoms with Crippen molar-refractivity contribution in [2.24, 2.45) is 0 Å². The third kappa shape index (κ3) is 2.10. The number of carboxylic acids is 1. The second-order valence-corrected chi connectivity index (χ2v) is 7.40. The van der Waals surface area contributed by atoms with Crippen LogP contribution in [0.1, 0.15) is 39.0 Å². The highest BCUT2D eigenvalue weighted by molar-refractivity contribution is 7.85. The van der Waals surface area contributed by atoms with Gasteiger partial charge in [-0.25, -0.2) is 9.00 Å². The van der Waals surface area contributed by atoms with Crippen molar-refractivity contribution in [3.8, 4) is 0 Å². The van der Waals surface area contributed by atoms with Crippen LogP contribution in [0.4, 0.5) is 0 Å². The lowest BCUT2D eigenvalue weighted by Gasteiger charge is -2.10. The molecule has 2 aromatic carbocycles. The fourth-order valence-corrected chi connectivity index (χ4v) is 5.00. The van der Waals surface area contributed by atoms with Gasteiger partial charge in [-0.05, 0) is 72.6 Å². The average Bonchev–Trinajstić information content (AvgIpc) is 2.93. The number of aryl methyl sites for hydroxylation is 4. The van der Waals surface area contributed by atoms with Crippen molar-refractivity contribution in [2.75, 3.05) is 0 Å². The molecule has 3 nitrogen and oxygen atoms in total. The molecule has 0 saturated carbocycles. The molecule has 4 heteroatoms. The third-order valence-electron chi connectivity index (χ3n) is 4.65. The minimum Gasteiger partial charge on any atom is -0.478 e. The molecule has 0 saturated heterocycles. The lowest BCUT2D eigenvalue weighted by molar-refractivity contribution is 0.0696.